The number of nitrogens with one attached hydrogen (secondary N) is 1. The third-order valence-electron chi connectivity index (χ3n) is 4.65. The Balaban J connectivity index is 1.73. The second kappa shape index (κ2) is 8.69. The largest absolute Gasteiger partial charge is 0.475 e. The van der Waals surface area contributed by atoms with Crippen molar-refractivity contribution < 1.29 is 34.4 Å². The first kappa shape index (κ1) is 22.2. The molecule has 0 saturated heterocycles. The van der Waals surface area contributed by atoms with Gasteiger partial charge in [0.2, 0.25) is 0 Å². The number of ether oxygens (including phenoxy) is 2. The number of aliphatic hydroxyl groups is 1. The summed E-state index contributed by atoms with van der Waals surface area (Å²) < 4.78 is 10.2. The Hall–Kier alpha value is -2.52. The molecule has 0 amide bonds. The van der Waals surface area contributed by atoms with Crippen LogP contribution in [0.25, 0.3) is 0 Å². The van der Waals surface area contributed by atoms with E-state index in [1.54, 1.807) is 24.3 Å². The first-order valence-electron chi connectivity index (χ1n) is 8.96. The lowest BCUT2D eigenvalue weighted by Gasteiger charge is -2.23. The summed E-state index contributed by atoms with van der Waals surface area (Å²) in [6, 6.07) is 9.25. The van der Waals surface area contributed by atoms with Gasteiger partial charge in [-0.1, -0.05) is 41.4 Å². The highest BCUT2D eigenvalue weighted by Gasteiger charge is 2.57. The summed E-state index contributed by atoms with van der Waals surface area (Å²) in [5, 5.41) is 32.2. The lowest BCUT2D eigenvalue weighted by molar-refractivity contribution is -0.194. The zero-order valence-electron chi connectivity index (χ0n) is 15.8. The summed E-state index contributed by atoms with van der Waals surface area (Å²) in [7, 11) is 0. The van der Waals surface area contributed by atoms with Crippen LogP contribution in [0.15, 0.2) is 36.4 Å². The van der Waals surface area contributed by atoms with E-state index in [1.165, 1.54) is 12.1 Å². The quantitative estimate of drug-likeness (QED) is 0.447. The fraction of sp³-hybridized carbons (Fsp3) is 0.300. The summed E-state index contributed by atoms with van der Waals surface area (Å²) in [5.74, 6) is -6.25. The molecule has 1 aliphatic rings. The Labute approximate surface area is 181 Å². The van der Waals surface area contributed by atoms with Gasteiger partial charge in [-0.25, -0.2) is 9.59 Å². The van der Waals surface area contributed by atoms with E-state index in [-0.39, 0.29) is 24.1 Å². The predicted octanol–water partition coefficient (Wildman–Crippen LogP) is 2.88. The predicted molar refractivity (Wildman–Crippen MR) is 108 cm³/mol. The molecule has 1 aliphatic heterocycles. The molecule has 160 valence electrons. The molecular weight excluding hydrogens is 437 g/mol. The number of hydrogen-bond donors (Lipinski definition) is 4. The van der Waals surface area contributed by atoms with Crippen molar-refractivity contribution in [3.8, 4) is 11.5 Å². The van der Waals surface area contributed by atoms with Crippen molar-refractivity contribution in [3.05, 3.63) is 57.6 Å². The number of hydrogen-bond acceptors (Lipinski definition) is 6. The molecule has 2 aromatic rings. The molecule has 10 heteroatoms. The van der Waals surface area contributed by atoms with Crippen LogP contribution in [0.4, 0.5) is 0 Å². The molecule has 2 atom stereocenters. The second-order valence-corrected chi connectivity index (χ2v) is 7.65. The van der Waals surface area contributed by atoms with Crippen LogP contribution in [0.2, 0.25) is 10.0 Å². The molecule has 0 spiro atoms. The van der Waals surface area contributed by atoms with Crippen molar-refractivity contribution in [2.45, 2.75) is 31.2 Å². The SMILES string of the molecule is CC(Cc1ccc2c(c1)OC(C(=O)O)(C(=O)O)O2)NC(CO)c1cccc(Cl)c1Cl. The number of aliphatic carboxylic acids is 2. The first-order valence-corrected chi connectivity index (χ1v) is 9.72. The summed E-state index contributed by atoms with van der Waals surface area (Å²) >= 11 is 12.3. The fourth-order valence-corrected chi connectivity index (χ4v) is 3.67. The Morgan fingerprint density at radius 1 is 1.10 bits per heavy atom. The maximum absolute atomic E-state index is 11.4. The molecule has 8 nitrogen and oxygen atoms in total. The van der Waals surface area contributed by atoms with Gasteiger partial charge >= 0.3 is 17.7 Å². The second-order valence-electron chi connectivity index (χ2n) is 6.86. The van der Waals surface area contributed by atoms with E-state index in [9.17, 15) is 24.9 Å². The summed E-state index contributed by atoms with van der Waals surface area (Å²) in [5.41, 5.74) is 1.41. The summed E-state index contributed by atoms with van der Waals surface area (Å²) in [4.78, 5) is 22.7. The van der Waals surface area contributed by atoms with E-state index < -0.39 is 23.8 Å². The smallest absolute Gasteiger partial charge is 0.453 e. The number of rotatable bonds is 8. The van der Waals surface area contributed by atoms with Crippen LogP contribution in [0, 0.1) is 0 Å². The van der Waals surface area contributed by atoms with Crippen molar-refractivity contribution in [2.75, 3.05) is 6.61 Å². The Kier molecular flexibility index (Phi) is 6.42. The van der Waals surface area contributed by atoms with Crippen LogP contribution in [-0.4, -0.2) is 45.7 Å². The highest BCUT2D eigenvalue weighted by Crippen LogP contribution is 2.40. The molecule has 0 aliphatic carbocycles. The molecule has 1 heterocycles. The number of benzene rings is 2. The molecule has 0 bridgehead atoms. The zero-order valence-corrected chi connectivity index (χ0v) is 17.3. The molecule has 3 rings (SSSR count). The van der Waals surface area contributed by atoms with Crippen molar-refractivity contribution in [1.29, 1.82) is 0 Å². The van der Waals surface area contributed by atoms with Crippen LogP contribution >= 0.6 is 23.2 Å². The molecule has 2 unspecified atom stereocenters. The minimum Gasteiger partial charge on any atom is -0.475 e. The monoisotopic (exact) mass is 455 g/mol. The van der Waals surface area contributed by atoms with Gasteiger partial charge in [0.15, 0.2) is 11.5 Å². The van der Waals surface area contributed by atoms with Gasteiger partial charge in [0.1, 0.15) is 0 Å². The fourth-order valence-electron chi connectivity index (χ4n) is 3.23. The number of halogens is 2. The van der Waals surface area contributed by atoms with Crippen molar-refractivity contribution in [3.63, 3.8) is 0 Å². The number of carbonyl (C=O) groups is 2. The van der Waals surface area contributed by atoms with Gasteiger partial charge in [0.05, 0.1) is 22.7 Å². The van der Waals surface area contributed by atoms with Gasteiger partial charge in [-0.3, -0.25) is 0 Å². The lowest BCUT2D eigenvalue weighted by Crippen LogP contribution is -2.54. The molecule has 2 aromatic carbocycles. The molecule has 0 saturated carbocycles. The molecule has 4 N–H and O–H groups in total. The van der Waals surface area contributed by atoms with Gasteiger partial charge in [0.25, 0.3) is 0 Å². The standard InChI is InChI=1S/C20H19Cl2NO7/c1-10(23-14(9-24)12-3-2-4-13(21)17(12)22)7-11-5-6-15-16(8-11)30-20(29-15,18(25)26)19(27)28/h2-6,8,10,14,23-24H,7,9H2,1H3,(H,25,26)(H,27,28). The highest BCUT2D eigenvalue weighted by molar-refractivity contribution is 6.42. The maximum Gasteiger partial charge on any atom is 0.453 e. The van der Waals surface area contributed by atoms with Crippen LogP contribution < -0.4 is 14.8 Å². The van der Waals surface area contributed by atoms with E-state index >= 15 is 0 Å². The van der Waals surface area contributed by atoms with Gasteiger partial charge < -0.3 is 30.1 Å². The minimum absolute atomic E-state index is 0.0288. The topological polar surface area (TPSA) is 125 Å². The molecule has 0 fully saturated rings. The van der Waals surface area contributed by atoms with E-state index in [2.05, 4.69) is 5.32 Å². The number of aliphatic hydroxyl groups excluding tert-OH is 1. The van der Waals surface area contributed by atoms with Crippen LogP contribution in [0.5, 0.6) is 11.5 Å². The lowest BCUT2D eigenvalue weighted by atomic mass is 10.0. The molecule has 30 heavy (non-hydrogen) atoms. The average Bonchev–Trinajstić information content (AvgIpc) is 3.09. The van der Waals surface area contributed by atoms with E-state index in [1.807, 2.05) is 6.92 Å². The van der Waals surface area contributed by atoms with Crippen LogP contribution in [0.1, 0.15) is 24.1 Å². The van der Waals surface area contributed by atoms with Gasteiger partial charge in [-0.05, 0) is 42.7 Å². The van der Waals surface area contributed by atoms with Gasteiger partial charge in [-0.15, -0.1) is 0 Å². The molecular formula is C20H19Cl2NO7. The first-order chi connectivity index (χ1) is 14.2. The third kappa shape index (κ3) is 4.17. The van der Waals surface area contributed by atoms with E-state index in [4.69, 9.17) is 32.7 Å². The Morgan fingerprint density at radius 2 is 1.77 bits per heavy atom. The zero-order chi connectivity index (χ0) is 22.1. The summed E-state index contributed by atoms with van der Waals surface area (Å²) in [6.45, 7) is 1.69. The average molecular weight is 456 g/mol. The van der Waals surface area contributed by atoms with Gasteiger partial charge in [0, 0.05) is 6.04 Å². The highest BCUT2D eigenvalue weighted by atomic mass is 35.5. The van der Waals surface area contributed by atoms with E-state index in [0.717, 1.165) is 5.56 Å². The van der Waals surface area contributed by atoms with Crippen molar-refractivity contribution >= 4 is 35.1 Å². The van der Waals surface area contributed by atoms with Crippen molar-refractivity contribution in [2.24, 2.45) is 0 Å². The normalized spacial score (nSPS) is 16.1. The van der Waals surface area contributed by atoms with E-state index in [0.29, 0.717) is 22.0 Å². The number of carboxylic acid groups (broad SMARTS) is 2. The molecule has 0 aromatic heterocycles. The third-order valence-corrected chi connectivity index (χ3v) is 5.48. The number of fused-ring (bicyclic) bond motifs is 1. The van der Waals surface area contributed by atoms with Crippen molar-refractivity contribution in [1.82, 2.24) is 5.32 Å². The molecule has 0 radical (unpaired) electrons. The Morgan fingerprint density at radius 3 is 2.40 bits per heavy atom. The Bertz CT molecular complexity index is 968. The summed E-state index contributed by atoms with van der Waals surface area (Å²) in [6.07, 6.45) is 0.471. The van der Waals surface area contributed by atoms with Gasteiger partial charge in [-0.2, -0.15) is 0 Å². The maximum atomic E-state index is 11.4. The van der Waals surface area contributed by atoms with Crippen LogP contribution in [0.3, 0.4) is 0 Å². The number of carboxylic acids is 2. The minimum atomic E-state index is -2.80. The van der Waals surface area contributed by atoms with Crippen LogP contribution in [-0.2, 0) is 16.0 Å².